The van der Waals surface area contributed by atoms with Crippen LogP contribution in [0.2, 0.25) is 5.02 Å². The first kappa shape index (κ1) is 18.8. The molecular weight excluding hydrogens is 360 g/mol. The van der Waals surface area contributed by atoms with Crippen LogP contribution in [0.4, 0.5) is 8.78 Å². The maximum atomic E-state index is 13.1. The maximum absolute atomic E-state index is 13.1. The van der Waals surface area contributed by atoms with Crippen molar-refractivity contribution >= 4 is 23.7 Å². The number of carbonyl (C=O) groups is 1. The number of carbonyl (C=O) groups excluding carboxylic acids is 1. The number of aliphatic imine (C=N–C) groups is 1. The third kappa shape index (κ3) is 4.41. The Morgan fingerprint density at radius 2 is 2.15 bits per heavy atom. The summed E-state index contributed by atoms with van der Waals surface area (Å²) < 4.78 is 26.1. The van der Waals surface area contributed by atoms with Gasteiger partial charge in [0.25, 0.3) is 12.3 Å². The summed E-state index contributed by atoms with van der Waals surface area (Å²) in [7, 11) is 0. The third-order valence-electron chi connectivity index (χ3n) is 4.85. The van der Waals surface area contributed by atoms with E-state index in [1.54, 1.807) is 30.5 Å². The molecule has 2 N–H and O–H groups in total. The summed E-state index contributed by atoms with van der Waals surface area (Å²) >= 11 is 6.06. The average molecular weight is 382 g/mol. The molecule has 1 saturated carbocycles. The van der Waals surface area contributed by atoms with Crippen LogP contribution in [-0.4, -0.2) is 30.8 Å². The molecular formula is C19H22ClF2N3O. The highest BCUT2D eigenvalue weighted by molar-refractivity contribution is 6.33. The molecule has 2 atom stereocenters. The highest BCUT2D eigenvalue weighted by Gasteiger charge is 2.36. The molecule has 1 aromatic carbocycles. The van der Waals surface area contributed by atoms with Crippen LogP contribution in [0, 0.1) is 11.8 Å². The number of rotatable bonds is 7. The molecule has 1 aliphatic carbocycles. The van der Waals surface area contributed by atoms with Crippen molar-refractivity contribution in [2.75, 3.05) is 6.54 Å². The largest absolute Gasteiger partial charge is 0.363 e. The lowest BCUT2D eigenvalue weighted by Crippen LogP contribution is -2.47. The van der Waals surface area contributed by atoms with E-state index in [9.17, 15) is 13.6 Å². The Morgan fingerprint density at radius 3 is 2.73 bits per heavy atom. The number of hydrogen-bond donors (Lipinski definition) is 2. The van der Waals surface area contributed by atoms with Crippen molar-refractivity contribution in [3.05, 3.63) is 46.6 Å². The zero-order valence-electron chi connectivity index (χ0n) is 14.5. The fourth-order valence-electron chi connectivity index (χ4n) is 2.90. The SMILES string of the molecule is CC1(C(F)F)N=CC(C(CNC(=O)c2ccccc2Cl)CC2CC2)=CN1. The number of nitrogens with zero attached hydrogens (tertiary/aromatic N) is 1. The van der Waals surface area contributed by atoms with Crippen LogP contribution < -0.4 is 10.6 Å². The summed E-state index contributed by atoms with van der Waals surface area (Å²) in [6.07, 6.45) is 3.75. The number of hydrogen-bond acceptors (Lipinski definition) is 3. The van der Waals surface area contributed by atoms with Gasteiger partial charge in [0.05, 0.1) is 10.6 Å². The molecule has 1 amide bonds. The molecule has 0 saturated heterocycles. The smallest absolute Gasteiger partial charge is 0.280 e. The van der Waals surface area contributed by atoms with Gasteiger partial charge in [0.2, 0.25) is 0 Å². The Bertz CT molecular complexity index is 733. The van der Waals surface area contributed by atoms with E-state index in [4.69, 9.17) is 11.6 Å². The molecule has 140 valence electrons. The summed E-state index contributed by atoms with van der Waals surface area (Å²) in [5.41, 5.74) is -0.336. The lowest BCUT2D eigenvalue weighted by Gasteiger charge is -2.30. The van der Waals surface area contributed by atoms with E-state index in [0.29, 0.717) is 23.0 Å². The number of halogens is 3. The second-order valence-electron chi connectivity index (χ2n) is 7.06. The first-order valence-corrected chi connectivity index (χ1v) is 9.10. The van der Waals surface area contributed by atoms with Gasteiger partial charge in [-0.15, -0.1) is 0 Å². The Morgan fingerprint density at radius 1 is 1.42 bits per heavy atom. The zero-order valence-corrected chi connectivity index (χ0v) is 15.3. The molecule has 3 rings (SSSR count). The van der Waals surface area contributed by atoms with Crippen LogP contribution in [0.5, 0.6) is 0 Å². The minimum Gasteiger partial charge on any atom is -0.363 e. The molecule has 1 heterocycles. The maximum Gasteiger partial charge on any atom is 0.280 e. The minimum atomic E-state index is -2.60. The predicted octanol–water partition coefficient (Wildman–Crippen LogP) is 4.03. The fraction of sp³-hybridized carbons (Fsp3) is 0.474. The van der Waals surface area contributed by atoms with Crippen molar-refractivity contribution in [2.45, 2.75) is 38.3 Å². The molecule has 4 nitrogen and oxygen atoms in total. The predicted molar refractivity (Wildman–Crippen MR) is 98.7 cm³/mol. The van der Waals surface area contributed by atoms with Gasteiger partial charge >= 0.3 is 0 Å². The van der Waals surface area contributed by atoms with Crippen molar-refractivity contribution in [1.82, 2.24) is 10.6 Å². The summed E-state index contributed by atoms with van der Waals surface area (Å²) in [5.74, 6) is 0.400. The summed E-state index contributed by atoms with van der Waals surface area (Å²) in [4.78, 5) is 16.4. The molecule has 1 fully saturated rings. The molecule has 0 spiro atoms. The van der Waals surface area contributed by atoms with Crippen molar-refractivity contribution in [3.63, 3.8) is 0 Å². The van der Waals surface area contributed by atoms with Gasteiger partial charge in [0.1, 0.15) is 0 Å². The van der Waals surface area contributed by atoms with Crippen LogP contribution in [0.15, 0.2) is 41.0 Å². The molecule has 7 heteroatoms. The van der Waals surface area contributed by atoms with Gasteiger partial charge in [0, 0.05) is 24.9 Å². The second kappa shape index (κ2) is 7.74. The summed E-state index contributed by atoms with van der Waals surface area (Å²) in [6, 6.07) is 6.87. The molecule has 2 aliphatic rings. The minimum absolute atomic E-state index is 0.0208. The van der Waals surface area contributed by atoms with E-state index in [0.717, 1.165) is 12.0 Å². The van der Waals surface area contributed by atoms with Crippen molar-refractivity contribution in [2.24, 2.45) is 16.8 Å². The Hall–Kier alpha value is -1.95. The van der Waals surface area contributed by atoms with E-state index in [-0.39, 0.29) is 11.8 Å². The normalized spacial score (nSPS) is 23.3. The van der Waals surface area contributed by atoms with E-state index in [2.05, 4.69) is 15.6 Å². The standard InChI is InChI=1S/C19H22ClF2N3O/c1-19(18(21)22)24-10-14(11-25-19)13(8-12-6-7-12)9-23-17(26)15-4-2-3-5-16(15)20/h2-5,10-13,18,24H,6-9H2,1H3,(H,23,26). The van der Waals surface area contributed by atoms with Crippen molar-refractivity contribution in [3.8, 4) is 0 Å². The van der Waals surface area contributed by atoms with Crippen LogP contribution in [0.3, 0.4) is 0 Å². The fourth-order valence-corrected chi connectivity index (χ4v) is 3.13. The number of benzene rings is 1. The molecule has 0 radical (unpaired) electrons. The molecule has 0 aromatic heterocycles. The van der Waals surface area contributed by atoms with Gasteiger partial charge in [-0.2, -0.15) is 0 Å². The Kier molecular flexibility index (Phi) is 5.61. The molecule has 26 heavy (non-hydrogen) atoms. The Balaban J connectivity index is 1.66. The molecule has 1 aliphatic heterocycles. The highest BCUT2D eigenvalue weighted by atomic mass is 35.5. The highest BCUT2D eigenvalue weighted by Crippen LogP contribution is 2.37. The topological polar surface area (TPSA) is 53.5 Å². The monoisotopic (exact) mass is 381 g/mol. The van der Waals surface area contributed by atoms with Crippen LogP contribution in [0.25, 0.3) is 0 Å². The van der Waals surface area contributed by atoms with Crippen LogP contribution in [-0.2, 0) is 0 Å². The van der Waals surface area contributed by atoms with Gasteiger partial charge in [-0.1, -0.05) is 36.6 Å². The van der Waals surface area contributed by atoms with E-state index < -0.39 is 12.1 Å². The lowest BCUT2D eigenvalue weighted by molar-refractivity contribution is 0.0529. The van der Waals surface area contributed by atoms with E-state index in [1.807, 2.05) is 0 Å². The lowest BCUT2D eigenvalue weighted by atomic mass is 9.93. The second-order valence-corrected chi connectivity index (χ2v) is 7.47. The first-order valence-electron chi connectivity index (χ1n) is 8.73. The van der Waals surface area contributed by atoms with E-state index in [1.165, 1.54) is 26.0 Å². The molecule has 0 bridgehead atoms. The third-order valence-corrected chi connectivity index (χ3v) is 5.18. The van der Waals surface area contributed by atoms with Gasteiger partial charge in [-0.3, -0.25) is 9.79 Å². The Labute approximate surface area is 156 Å². The molecule has 2 unspecified atom stereocenters. The van der Waals surface area contributed by atoms with Crippen LogP contribution in [0.1, 0.15) is 36.5 Å². The summed E-state index contributed by atoms with van der Waals surface area (Å²) in [5, 5.41) is 6.02. The van der Waals surface area contributed by atoms with Gasteiger partial charge in [-0.25, -0.2) is 8.78 Å². The zero-order chi connectivity index (χ0) is 18.7. The van der Waals surface area contributed by atoms with Crippen molar-refractivity contribution < 1.29 is 13.6 Å². The number of alkyl halides is 2. The van der Waals surface area contributed by atoms with Gasteiger partial charge in [-0.05, 0) is 37.0 Å². The summed E-state index contributed by atoms with van der Waals surface area (Å²) in [6.45, 7) is 1.77. The van der Waals surface area contributed by atoms with Crippen molar-refractivity contribution in [1.29, 1.82) is 0 Å². The van der Waals surface area contributed by atoms with Gasteiger partial charge < -0.3 is 10.6 Å². The number of nitrogens with one attached hydrogen (secondary N) is 2. The first-order chi connectivity index (χ1) is 12.4. The quantitative estimate of drug-likeness (QED) is 0.749. The molecule has 1 aromatic rings. The van der Waals surface area contributed by atoms with E-state index >= 15 is 0 Å². The number of amides is 1. The van der Waals surface area contributed by atoms with Gasteiger partial charge in [0.15, 0.2) is 5.66 Å². The average Bonchev–Trinajstić information content (AvgIpc) is 3.43. The van der Waals surface area contributed by atoms with Crippen LogP contribution >= 0.6 is 11.6 Å².